The van der Waals surface area contributed by atoms with E-state index in [1.54, 1.807) is 17.0 Å². The Morgan fingerprint density at radius 1 is 0.875 bits per heavy atom. The molecule has 3 aromatic rings. The van der Waals surface area contributed by atoms with E-state index in [2.05, 4.69) is 21.2 Å². The van der Waals surface area contributed by atoms with Gasteiger partial charge in [0.05, 0.1) is 17.1 Å². The zero-order valence-electron chi connectivity index (χ0n) is 12.7. The van der Waals surface area contributed by atoms with Crippen LogP contribution in [-0.2, 0) is 0 Å². The van der Waals surface area contributed by atoms with Crippen LogP contribution in [0.5, 0.6) is 5.75 Å². The molecule has 4 nitrogen and oxygen atoms in total. The number of nitrogens with zero attached hydrogens (tertiary/aromatic N) is 1. The Hall–Kier alpha value is -2.79. The lowest BCUT2D eigenvalue weighted by molar-refractivity contribution is 0.259. The largest absolute Gasteiger partial charge is 0.506 e. The highest BCUT2D eigenvalue weighted by molar-refractivity contribution is 9.10. The van der Waals surface area contributed by atoms with Gasteiger partial charge in [0.1, 0.15) is 5.75 Å². The van der Waals surface area contributed by atoms with Crippen molar-refractivity contribution in [2.24, 2.45) is 0 Å². The molecule has 24 heavy (non-hydrogen) atoms. The van der Waals surface area contributed by atoms with Crippen LogP contribution in [0, 0.1) is 0 Å². The second-order valence-corrected chi connectivity index (χ2v) is 6.01. The summed E-state index contributed by atoms with van der Waals surface area (Å²) in [5.41, 5.74) is 1.80. The molecule has 3 rings (SSSR count). The first kappa shape index (κ1) is 16.1. The van der Waals surface area contributed by atoms with Crippen molar-refractivity contribution in [2.75, 3.05) is 10.2 Å². The molecule has 0 atom stereocenters. The van der Waals surface area contributed by atoms with E-state index in [1.165, 1.54) is 6.07 Å². The van der Waals surface area contributed by atoms with Crippen molar-refractivity contribution in [1.82, 2.24) is 0 Å². The molecular formula is C19H15BrN2O2. The quantitative estimate of drug-likeness (QED) is 0.585. The first-order chi connectivity index (χ1) is 11.6. The predicted octanol–water partition coefficient (Wildman–Crippen LogP) is 5.52. The molecule has 2 N–H and O–H groups in total. The molecule has 0 aliphatic carbocycles. The lowest BCUT2D eigenvalue weighted by atomic mass is 10.2. The van der Waals surface area contributed by atoms with Gasteiger partial charge in [-0.2, -0.15) is 0 Å². The molecular weight excluding hydrogens is 368 g/mol. The fourth-order valence-corrected chi connectivity index (χ4v) is 2.68. The molecule has 5 heteroatoms. The molecule has 0 aliphatic heterocycles. The van der Waals surface area contributed by atoms with Gasteiger partial charge in [0.15, 0.2) is 0 Å². The van der Waals surface area contributed by atoms with Crippen molar-refractivity contribution in [2.45, 2.75) is 0 Å². The van der Waals surface area contributed by atoms with Crippen LogP contribution in [0.15, 0.2) is 83.3 Å². The molecule has 2 amide bonds. The van der Waals surface area contributed by atoms with Gasteiger partial charge in [-0.3, -0.25) is 4.90 Å². The van der Waals surface area contributed by atoms with Gasteiger partial charge in [0.25, 0.3) is 0 Å². The van der Waals surface area contributed by atoms with Crippen molar-refractivity contribution in [3.63, 3.8) is 0 Å². The molecule has 120 valence electrons. The summed E-state index contributed by atoms with van der Waals surface area (Å²) in [7, 11) is 0. The first-order valence-electron chi connectivity index (χ1n) is 7.35. The zero-order valence-corrected chi connectivity index (χ0v) is 14.3. The summed E-state index contributed by atoms with van der Waals surface area (Å²) in [5.74, 6) is 0.00706. The van der Waals surface area contributed by atoms with Crippen molar-refractivity contribution in [3.05, 3.63) is 83.3 Å². The van der Waals surface area contributed by atoms with Crippen molar-refractivity contribution in [1.29, 1.82) is 0 Å². The molecule has 0 aromatic heterocycles. The van der Waals surface area contributed by atoms with Gasteiger partial charge >= 0.3 is 6.03 Å². The minimum absolute atomic E-state index is 0.00706. The summed E-state index contributed by atoms with van der Waals surface area (Å²) < 4.78 is 0.765. The summed E-state index contributed by atoms with van der Waals surface area (Å²) in [6.07, 6.45) is 0. The first-order valence-corrected chi connectivity index (χ1v) is 8.14. The third-order valence-corrected chi connectivity index (χ3v) is 3.93. The standard InChI is InChI=1S/C19H15BrN2O2/c20-14-11-12-18(23)17(13-14)21-19(24)22(15-7-3-1-4-8-15)16-9-5-2-6-10-16/h1-13,23H,(H,21,24). The summed E-state index contributed by atoms with van der Waals surface area (Å²) in [6, 6.07) is 23.2. The Balaban J connectivity index is 1.97. The topological polar surface area (TPSA) is 52.6 Å². The van der Waals surface area contributed by atoms with Gasteiger partial charge in [-0.05, 0) is 42.5 Å². The van der Waals surface area contributed by atoms with Crippen molar-refractivity contribution >= 4 is 39.0 Å². The Bertz CT molecular complexity index is 799. The van der Waals surface area contributed by atoms with Crippen LogP contribution in [0.25, 0.3) is 0 Å². The predicted molar refractivity (Wildman–Crippen MR) is 99.8 cm³/mol. The lowest BCUT2D eigenvalue weighted by Gasteiger charge is -2.23. The minimum Gasteiger partial charge on any atom is -0.506 e. The summed E-state index contributed by atoms with van der Waals surface area (Å²) >= 11 is 3.34. The average Bonchev–Trinajstić information content (AvgIpc) is 2.60. The number of rotatable bonds is 3. The summed E-state index contributed by atoms with van der Waals surface area (Å²) in [4.78, 5) is 14.4. The Labute approximate surface area is 148 Å². The number of halogens is 1. The van der Waals surface area contributed by atoms with E-state index in [-0.39, 0.29) is 11.8 Å². The van der Waals surface area contributed by atoms with Crippen LogP contribution in [0.1, 0.15) is 0 Å². The van der Waals surface area contributed by atoms with E-state index in [0.717, 1.165) is 15.8 Å². The molecule has 0 aliphatic rings. The number of anilines is 3. The van der Waals surface area contributed by atoms with E-state index in [1.807, 2.05) is 60.7 Å². The summed E-state index contributed by atoms with van der Waals surface area (Å²) in [6.45, 7) is 0. The number of urea groups is 1. The second kappa shape index (κ2) is 7.19. The third kappa shape index (κ3) is 3.58. The number of aromatic hydroxyl groups is 1. The van der Waals surface area contributed by atoms with Gasteiger partial charge < -0.3 is 10.4 Å². The fourth-order valence-electron chi connectivity index (χ4n) is 2.32. The number of carbonyl (C=O) groups is 1. The average molecular weight is 383 g/mol. The van der Waals surface area contributed by atoms with E-state index >= 15 is 0 Å². The SMILES string of the molecule is O=C(Nc1cc(Br)ccc1O)N(c1ccccc1)c1ccccc1. The van der Waals surface area contributed by atoms with Gasteiger partial charge in [0, 0.05) is 4.47 Å². The number of nitrogens with one attached hydrogen (secondary N) is 1. The highest BCUT2D eigenvalue weighted by Crippen LogP contribution is 2.30. The van der Waals surface area contributed by atoms with Crippen molar-refractivity contribution in [3.8, 4) is 5.75 Å². The molecule has 0 fully saturated rings. The van der Waals surface area contributed by atoms with Gasteiger partial charge in [-0.1, -0.05) is 52.3 Å². The Morgan fingerprint density at radius 2 is 1.42 bits per heavy atom. The smallest absolute Gasteiger partial charge is 0.331 e. The number of hydrogen-bond acceptors (Lipinski definition) is 2. The van der Waals surface area contributed by atoms with E-state index in [9.17, 15) is 9.90 Å². The normalized spacial score (nSPS) is 10.2. The van der Waals surface area contributed by atoms with E-state index in [0.29, 0.717) is 5.69 Å². The Kier molecular flexibility index (Phi) is 4.82. The van der Waals surface area contributed by atoms with Crippen molar-refractivity contribution < 1.29 is 9.90 Å². The van der Waals surface area contributed by atoms with E-state index < -0.39 is 0 Å². The number of phenolic OH excluding ortho intramolecular Hbond substituents is 1. The molecule has 0 bridgehead atoms. The van der Waals surface area contributed by atoms with Crippen LogP contribution in [0.2, 0.25) is 0 Å². The van der Waals surface area contributed by atoms with Gasteiger partial charge in [-0.15, -0.1) is 0 Å². The highest BCUT2D eigenvalue weighted by atomic mass is 79.9. The van der Waals surface area contributed by atoms with Crippen LogP contribution in [0.3, 0.4) is 0 Å². The highest BCUT2D eigenvalue weighted by Gasteiger charge is 2.19. The maximum atomic E-state index is 12.9. The second-order valence-electron chi connectivity index (χ2n) is 5.10. The van der Waals surface area contributed by atoms with Crippen LogP contribution < -0.4 is 10.2 Å². The number of carbonyl (C=O) groups excluding carboxylic acids is 1. The molecule has 3 aromatic carbocycles. The maximum Gasteiger partial charge on any atom is 0.331 e. The van der Waals surface area contributed by atoms with Gasteiger partial charge in [-0.25, -0.2) is 4.79 Å². The lowest BCUT2D eigenvalue weighted by Crippen LogP contribution is -2.30. The zero-order chi connectivity index (χ0) is 16.9. The monoisotopic (exact) mass is 382 g/mol. The number of hydrogen-bond donors (Lipinski definition) is 2. The number of phenols is 1. The molecule has 0 unspecified atom stereocenters. The molecule has 0 heterocycles. The van der Waals surface area contributed by atoms with Crippen LogP contribution in [-0.4, -0.2) is 11.1 Å². The Morgan fingerprint density at radius 3 is 1.96 bits per heavy atom. The number of amides is 2. The summed E-state index contributed by atoms with van der Waals surface area (Å²) in [5, 5.41) is 12.7. The molecule has 0 saturated heterocycles. The fraction of sp³-hybridized carbons (Fsp3) is 0. The van der Waals surface area contributed by atoms with Crippen LogP contribution >= 0.6 is 15.9 Å². The van der Waals surface area contributed by atoms with Gasteiger partial charge in [0.2, 0.25) is 0 Å². The van der Waals surface area contributed by atoms with E-state index in [4.69, 9.17) is 0 Å². The molecule has 0 saturated carbocycles. The van der Waals surface area contributed by atoms with Crippen LogP contribution in [0.4, 0.5) is 21.9 Å². The minimum atomic E-state index is -0.360. The third-order valence-electron chi connectivity index (χ3n) is 3.43. The molecule has 0 radical (unpaired) electrons. The number of para-hydroxylation sites is 2. The maximum absolute atomic E-state index is 12.9. The molecule has 0 spiro atoms. The number of benzene rings is 3.